The van der Waals surface area contributed by atoms with Gasteiger partial charge in [0.05, 0.1) is 0 Å². The second-order valence-electron chi connectivity index (χ2n) is 2.80. The lowest BCUT2D eigenvalue weighted by Gasteiger charge is -2.08. The first-order valence-corrected chi connectivity index (χ1v) is 3.94. The number of rotatable bonds is 3. The Bertz CT molecular complexity index is 235. The van der Waals surface area contributed by atoms with Crippen LogP contribution in [-0.2, 0) is 4.79 Å². The van der Waals surface area contributed by atoms with Crippen molar-refractivity contribution in [2.75, 3.05) is 0 Å². The number of amides is 3. The molecule has 1 aliphatic rings. The average Bonchev–Trinajstić information content (AvgIpc) is 2.30. The first-order valence-electron chi connectivity index (χ1n) is 3.94. The van der Waals surface area contributed by atoms with E-state index in [0.717, 1.165) is 18.4 Å². The number of hydrogen-bond acceptors (Lipinski definition) is 2. The summed E-state index contributed by atoms with van der Waals surface area (Å²) in [6, 6.07) is -0.945. The van der Waals surface area contributed by atoms with Crippen LogP contribution in [0.3, 0.4) is 0 Å². The average molecular weight is 168 g/mol. The molecular weight excluding hydrogens is 156 g/mol. The highest BCUT2D eigenvalue weighted by molar-refractivity contribution is 6.05. The zero-order valence-electron chi connectivity index (χ0n) is 7.02. The summed E-state index contributed by atoms with van der Waals surface area (Å²) in [6.45, 7) is 5.74. The van der Waals surface area contributed by atoms with Gasteiger partial charge in [0.25, 0.3) is 5.91 Å². The number of imide groups is 1. The second-order valence-corrected chi connectivity index (χ2v) is 2.80. The van der Waals surface area contributed by atoms with Gasteiger partial charge in [-0.1, -0.05) is 19.9 Å². The van der Waals surface area contributed by atoms with Crippen molar-refractivity contribution in [3.8, 4) is 0 Å². The van der Waals surface area contributed by atoms with Gasteiger partial charge >= 0.3 is 6.03 Å². The number of nitrogens with one attached hydrogen (secondary N) is 2. The Balaban J connectivity index is 2.58. The van der Waals surface area contributed by atoms with Gasteiger partial charge in [0.2, 0.25) is 0 Å². The first-order chi connectivity index (χ1) is 5.65. The molecule has 1 fully saturated rings. The zero-order valence-corrected chi connectivity index (χ0v) is 7.02. The maximum absolute atomic E-state index is 11.0. The predicted molar refractivity (Wildman–Crippen MR) is 44.5 cm³/mol. The van der Waals surface area contributed by atoms with Crippen molar-refractivity contribution in [3.63, 3.8) is 0 Å². The van der Waals surface area contributed by atoms with Crippen molar-refractivity contribution in [2.24, 2.45) is 0 Å². The van der Waals surface area contributed by atoms with E-state index in [-0.39, 0.29) is 5.91 Å². The third-order valence-electron chi connectivity index (χ3n) is 1.75. The van der Waals surface area contributed by atoms with Gasteiger partial charge in [-0.25, -0.2) is 4.79 Å². The van der Waals surface area contributed by atoms with E-state index in [0.29, 0.717) is 0 Å². The monoisotopic (exact) mass is 168 g/mol. The molecule has 0 aromatic rings. The minimum absolute atomic E-state index is 0.293. The number of carbonyl (C=O) groups is 2. The summed E-state index contributed by atoms with van der Waals surface area (Å²) in [4.78, 5) is 21.7. The standard InChI is InChI=1S/C8H12N2O2/c1-3-4-5(2)6-7(11)10-8(12)9-6/h6H,2-4H2,1H3,(H2,9,10,11,12). The summed E-state index contributed by atoms with van der Waals surface area (Å²) >= 11 is 0. The van der Waals surface area contributed by atoms with Crippen LogP contribution in [0.2, 0.25) is 0 Å². The number of urea groups is 1. The maximum atomic E-state index is 11.0. The fraction of sp³-hybridized carbons (Fsp3) is 0.500. The lowest BCUT2D eigenvalue weighted by atomic mass is 10.1. The molecule has 66 valence electrons. The quantitative estimate of drug-likeness (QED) is 0.477. The van der Waals surface area contributed by atoms with Crippen LogP contribution in [0.25, 0.3) is 0 Å². The molecule has 0 aliphatic carbocycles. The van der Waals surface area contributed by atoms with Crippen molar-refractivity contribution in [1.29, 1.82) is 0 Å². The molecule has 2 N–H and O–H groups in total. The van der Waals surface area contributed by atoms with Crippen LogP contribution in [0.5, 0.6) is 0 Å². The van der Waals surface area contributed by atoms with Crippen LogP contribution in [0.4, 0.5) is 4.79 Å². The highest BCUT2D eigenvalue weighted by atomic mass is 16.2. The Hall–Kier alpha value is -1.32. The molecule has 12 heavy (non-hydrogen) atoms. The fourth-order valence-corrected chi connectivity index (χ4v) is 1.17. The van der Waals surface area contributed by atoms with E-state index in [2.05, 4.69) is 17.2 Å². The third-order valence-corrected chi connectivity index (χ3v) is 1.75. The molecule has 0 spiro atoms. The molecule has 4 nitrogen and oxygen atoms in total. The van der Waals surface area contributed by atoms with Crippen molar-refractivity contribution in [1.82, 2.24) is 10.6 Å². The van der Waals surface area contributed by atoms with Crippen molar-refractivity contribution in [3.05, 3.63) is 12.2 Å². The summed E-state index contributed by atoms with van der Waals surface area (Å²) in [6.07, 6.45) is 1.69. The molecule has 0 aromatic heterocycles. The van der Waals surface area contributed by atoms with Gasteiger partial charge in [0.1, 0.15) is 6.04 Å². The van der Waals surface area contributed by atoms with Crippen LogP contribution in [0.15, 0.2) is 12.2 Å². The molecule has 1 unspecified atom stereocenters. The van der Waals surface area contributed by atoms with E-state index in [4.69, 9.17) is 0 Å². The highest BCUT2D eigenvalue weighted by Crippen LogP contribution is 2.10. The van der Waals surface area contributed by atoms with E-state index < -0.39 is 12.1 Å². The van der Waals surface area contributed by atoms with Crippen LogP contribution in [0, 0.1) is 0 Å². The van der Waals surface area contributed by atoms with Gasteiger partial charge in [-0.2, -0.15) is 0 Å². The minimum Gasteiger partial charge on any atom is -0.322 e. The van der Waals surface area contributed by atoms with Crippen LogP contribution < -0.4 is 10.6 Å². The third kappa shape index (κ3) is 1.64. The highest BCUT2D eigenvalue weighted by Gasteiger charge is 2.30. The Morgan fingerprint density at radius 1 is 1.58 bits per heavy atom. The largest absolute Gasteiger partial charge is 0.322 e. The molecule has 3 amide bonds. The lowest BCUT2D eigenvalue weighted by molar-refractivity contribution is -0.119. The summed E-state index contributed by atoms with van der Waals surface area (Å²) < 4.78 is 0. The molecule has 1 rings (SSSR count). The topological polar surface area (TPSA) is 58.2 Å². The lowest BCUT2D eigenvalue weighted by Crippen LogP contribution is -2.30. The smallest absolute Gasteiger partial charge is 0.322 e. The molecule has 1 aliphatic heterocycles. The Labute approximate surface area is 71.0 Å². The van der Waals surface area contributed by atoms with E-state index in [1.54, 1.807) is 0 Å². The van der Waals surface area contributed by atoms with Crippen molar-refractivity contribution < 1.29 is 9.59 Å². The van der Waals surface area contributed by atoms with Crippen molar-refractivity contribution >= 4 is 11.9 Å². The summed E-state index contributed by atoms with van der Waals surface area (Å²) in [7, 11) is 0. The van der Waals surface area contributed by atoms with Crippen LogP contribution in [-0.4, -0.2) is 18.0 Å². The second kappa shape index (κ2) is 3.38. The Kier molecular flexibility index (Phi) is 2.47. The summed E-state index contributed by atoms with van der Waals surface area (Å²) in [5.41, 5.74) is 0.765. The molecule has 0 saturated carbocycles. The normalized spacial score (nSPS) is 21.9. The SMILES string of the molecule is C=C(CCC)C1NC(=O)NC1=O. The van der Waals surface area contributed by atoms with Gasteiger partial charge < -0.3 is 5.32 Å². The minimum atomic E-state index is -0.516. The summed E-state index contributed by atoms with van der Waals surface area (Å²) in [5, 5.41) is 4.65. The molecule has 0 aromatic carbocycles. The number of carbonyl (C=O) groups excluding carboxylic acids is 2. The Morgan fingerprint density at radius 3 is 2.67 bits per heavy atom. The molecule has 4 heteroatoms. The summed E-state index contributed by atoms with van der Waals surface area (Å²) in [5.74, 6) is -0.293. The molecule has 0 bridgehead atoms. The van der Waals surface area contributed by atoms with Crippen molar-refractivity contribution in [2.45, 2.75) is 25.8 Å². The molecular formula is C8H12N2O2. The molecule has 1 heterocycles. The number of hydrogen-bond donors (Lipinski definition) is 2. The fourth-order valence-electron chi connectivity index (χ4n) is 1.17. The molecule has 0 radical (unpaired) electrons. The van der Waals surface area contributed by atoms with Gasteiger partial charge in [0.15, 0.2) is 0 Å². The van der Waals surface area contributed by atoms with E-state index in [9.17, 15) is 9.59 Å². The van der Waals surface area contributed by atoms with Crippen LogP contribution in [0.1, 0.15) is 19.8 Å². The zero-order chi connectivity index (χ0) is 9.14. The van der Waals surface area contributed by atoms with Gasteiger partial charge in [-0.15, -0.1) is 0 Å². The van der Waals surface area contributed by atoms with E-state index in [1.807, 2.05) is 6.92 Å². The Morgan fingerprint density at radius 2 is 2.25 bits per heavy atom. The van der Waals surface area contributed by atoms with Gasteiger partial charge in [-0.3, -0.25) is 10.1 Å². The molecule has 1 atom stereocenters. The maximum Gasteiger partial charge on any atom is 0.322 e. The van der Waals surface area contributed by atoms with E-state index in [1.165, 1.54) is 0 Å². The molecule has 1 saturated heterocycles. The van der Waals surface area contributed by atoms with E-state index >= 15 is 0 Å². The van der Waals surface area contributed by atoms with Gasteiger partial charge in [-0.05, 0) is 12.0 Å². The van der Waals surface area contributed by atoms with Gasteiger partial charge in [0, 0.05) is 0 Å². The van der Waals surface area contributed by atoms with Crippen LogP contribution >= 0.6 is 0 Å². The predicted octanol–water partition coefficient (Wildman–Crippen LogP) is 0.551. The first kappa shape index (κ1) is 8.77.